The van der Waals surface area contributed by atoms with Gasteiger partial charge in [0, 0.05) is 18.1 Å². The summed E-state index contributed by atoms with van der Waals surface area (Å²) in [6.45, 7) is 1.29. The van der Waals surface area contributed by atoms with Gasteiger partial charge in [-0.25, -0.2) is 14.8 Å². The zero-order valence-electron chi connectivity index (χ0n) is 9.99. The van der Waals surface area contributed by atoms with E-state index in [-0.39, 0.29) is 11.7 Å². The number of carboxylic acids is 1. The van der Waals surface area contributed by atoms with Gasteiger partial charge in [-0.2, -0.15) is 0 Å². The highest BCUT2D eigenvalue weighted by Gasteiger charge is 2.19. The molecule has 0 aromatic carbocycles. The maximum absolute atomic E-state index is 11.0. The number of nitrogens with zero attached hydrogens (tertiary/aromatic N) is 2. The predicted octanol–water partition coefficient (Wildman–Crippen LogP) is 1.37. The van der Waals surface area contributed by atoms with Gasteiger partial charge >= 0.3 is 5.97 Å². The first kappa shape index (κ1) is 13.8. The second-order valence-corrected chi connectivity index (χ2v) is 5.62. The molecule has 2 rings (SSSR count). The molecule has 8 heteroatoms. The number of aromatic nitrogens is 2. The van der Waals surface area contributed by atoms with Gasteiger partial charge in [0.05, 0.1) is 0 Å². The highest BCUT2D eigenvalue weighted by atomic mass is 32.2. The van der Waals surface area contributed by atoms with Crippen molar-refractivity contribution in [2.45, 2.75) is 18.0 Å². The first-order valence-electron chi connectivity index (χ1n) is 5.39. The van der Waals surface area contributed by atoms with Crippen molar-refractivity contribution < 1.29 is 14.7 Å². The molecule has 2 aromatic rings. The van der Waals surface area contributed by atoms with Gasteiger partial charge in [-0.05, 0) is 11.4 Å². The molecule has 0 saturated heterocycles. The molecule has 2 aromatic heterocycles. The molecule has 6 nitrogen and oxygen atoms in total. The van der Waals surface area contributed by atoms with Crippen LogP contribution in [-0.2, 0) is 9.59 Å². The lowest BCUT2D eigenvalue weighted by atomic mass is 10.3. The highest BCUT2D eigenvalue weighted by molar-refractivity contribution is 7.99. The summed E-state index contributed by atoms with van der Waals surface area (Å²) in [4.78, 5) is 31.1. The Bertz CT molecular complexity index is 614. The van der Waals surface area contributed by atoms with E-state index in [1.54, 1.807) is 0 Å². The largest absolute Gasteiger partial charge is 0.480 e. The Labute approximate surface area is 117 Å². The van der Waals surface area contributed by atoms with Gasteiger partial charge in [0.15, 0.2) is 0 Å². The van der Waals surface area contributed by atoms with Crippen molar-refractivity contribution in [3.05, 3.63) is 17.8 Å². The zero-order valence-corrected chi connectivity index (χ0v) is 11.6. The average molecular weight is 297 g/mol. The zero-order chi connectivity index (χ0) is 13.8. The lowest BCUT2D eigenvalue weighted by Crippen LogP contribution is -2.41. The van der Waals surface area contributed by atoms with Gasteiger partial charge < -0.3 is 10.4 Å². The molecule has 1 amide bonds. The van der Waals surface area contributed by atoms with Crippen LogP contribution in [0.2, 0.25) is 0 Å². The van der Waals surface area contributed by atoms with Gasteiger partial charge in [-0.3, -0.25) is 4.79 Å². The summed E-state index contributed by atoms with van der Waals surface area (Å²) in [7, 11) is 0. The minimum atomic E-state index is -1.06. The number of thiophene rings is 1. The minimum absolute atomic E-state index is 0.219. The topological polar surface area (TPSA) is 92.2 Å². The van der Waals surface area contributed by atoms with Crippen molar-refractivity contribution in [2.24, 2.45) is 0 Å². The third-order valence-electron chi connectivity index (χ3n) is 2.29. The summed E-state index contributed by atoms with van der Waals surface area (Å²) in [5, 5.41) is 14.9. The maximum atomic E-state index is 11.0. The van der Waals surface area contributed by atoms with Gasteiger partial charge in [0.25, 0.3) is 0 Å². The molecule has 0 fully saturated rings. The SMILES string of the molecule is CC(=O)NC(CSc1ncnc2sccc12)C(=O)O. The van der Waals surface area contributed by atoms with E-state index in [1.807, 2.05) is 11.4 Å². The summed E-state index contributed by atoms with van der Waals surface area (Å²) in [6, 6.07) is 0.974. The molecule has 0 radical (unpaired) electrons. The van der Waals surface area contributed by atoms with Gasteiger partial charge in [-0.15, -0.1) is 23.1 Å². The molecular weight excluding hydrogens is 286 g/mol. The standard InChI is InChI=1S/C11H11N3O3S2/c1-6(15)14-8(11(16)17)4-19-10-7-2-3-18-9(7)12-5-13-10/h2-3,5,8H,4H2,1H3,(H,14,15)(H,16,17). The Morgan fingerprint density at radius 2 is 2.32 bits per heavy atom. The average Bonchev–Trinajstić information content (AvgIpc) is 2.82. The fourth-order valence-corrected chi connectivity index (χ4v) is 3.25. The maximum Gasteiger partial charge on any atom is 0.327 e. The van der Waals surface area contributed by atoms with Crippen LogP contribution in [0.4, 0.5) is 0 Å². The number of hydrogen-bond acceptors (Lipinski definition) is 6. The van der Waals surface area contributed by atoms with Crippen molar-refractivity contribution >= 4 is 45.2 Å². The Morgan fingerprint density at radius 3 is 3.00 bits per heavy atom. The van der Waals surface area contributed by atoms with Crippen LogP contribution in [0.1, 0.15) is 6.92 Å². The number of carbonyl (C=O) groups excluding carboxylic acids is 1. The lowest BCUT2D eigenvalue weighted by molar-refractivity contribution is -0.140. The van der Waals surface area contributed by atoms with E-state index in [4.69, 9.17) is 5.11 Å². The normalized spacial score (nSPS) is 12.3. The summed E-state index contributed by atoms with van der Waals surface area (Å²) >= 11 is 2.80. The Kier molecular flexibility index (Phi) is 4.33. The molecular formula is C11H11N3O3S2. The van der Waals surface area contributed by atoms with Gasteiger partial charge in [0.2, 0.25) is 5.91 Å². The smallest absolute Gasteiger partial charge is 0.327 e. The molecule has 0 aliphatic carbocycles. The van der Waals surface area contributed by atoms with Crippen molar-refractivity contribution in [3.63, 3.8) is 0 Å². The number of carbonyl (C=O) groups is 2. The summed E-state index contributed by atoms with van der Waals surface area (Å²) in [5.74, 6) is -1.20. The molecule has 0 saturated carbocycles. The van der Waals surface area contributed by atoms with Crippen LogP contribution in [-0.4, -0.2) is 38.7 Å². The van der Waals surface area contributed by atoms with E-state index in [0.717, 1.165) is 15.2 Å². The Balaban J connectivity index is 2.10. The van der Waals surface area contributed by atoms with Crippen LogP contribution >= 0.6 is 23.1 Å². The number of thioether (sulfide) groups is 1. The number of nitrogens with one attached hydrogen (secondary N) is 1. The second-order valence-electron chi connectivity index (χ2n) is 3.72. The van der Waals surface area contributed by atoms with Crippen molar-refractivity contribution in [3.8, 4) is 0 Å². The van der Waals surface area contributed by atoms with E-state index in [1.165, 1.54) is 36.3 Å². The molecule has 2 N–H and O–H groups in total. The molecule has 19 heavy (non-hydrogen) atoms. The summed E-state index contributed by atoms with van der Waals surface area (Å²) < 4.78 is 0. The van der Waals surface area contributed by atoms with Crippen LogP contribution in [0.5, 0.6) is 0 Å². The number of carboxylic acid groups (broad SMARTS) is 1. The van der Waals surface area contributed by atoms with Crippen LogP contribution in [0.15, 0.2) is 22.8 Å². The number of fused-ring (bicyclic) bond motifs is 1. The third kappa shape index (κ3) is 3.42. The number of amides is 1. The lowest BCUT2D eigenvalue weighted by Gasteiger charge is -2.12. The fourth-order valence-electron chi connectivity index (χ4n) is 1.46. The number of hydrogen-bond donors (Lipinski definition) is 2. The van der Waals surface area contributed by atoms with Crippen molar-refractivity contribution in [1.29, 1.82) is 0 Å². The van der Waals surface area contributed by atoms with Crippen LogP contribution in [0.25, 0.3) is 10.2 Å². The molecule has 0 aliphatic heterocycles. The molecule has 0 spiro atoms. The fraction of sp³-hybridized carbons (Fsp3) is 0.273. The van der Waals surface area contributed by atoms with E-state index in [0.29, 0.717) is 0 Å². The molecule has 1 unspecified atom stereocenters. The van der Waals surface area contributed by atoms with Crippen molar-refractivity contribution in [2.75, 3.05) is 5.75 Å². The highest BCUT2D eigenvalue weighted by Crippen LogP contribution is 2.27. The molecule has 0 bridgehead atoms. The van der Waals surface area contributed by atoms with E-state index < -0.39 is 12.0 Å². The summed E-state index contributed by atoms with van der Waals surface area (Å²) in [6.07, 6.45) is 1.45. The Morgan fingerprint density at radius 1 is 1.53 bits per heavy atom. The van der Waals surface area contributed by atoms with E-state index >= 15 is 0 Å². The van der Waals surface area contributed by atoms with Crippen LogP contribution < -0.4 is 5.32 Å². The number of aliphatic carboxylic acids is 1. The van der Waals surface area contributed by atoms with Gasteiger partial charge in [0.1, 0.15) is 22.2 Å². The monoisotopic (exact) mass is 297 g/mol. The van der Waals surface area contributed by atoms with Crippen LogP contribution in [0.3, 0.4) is 0 Å². The third-order valence-corrected chi connectivity index (χ3v) is 4.21. The van der Waals surface area contributed by atoms with E-state index in [9.17, 15) is 9.59 Å². The van der Waals surface area contributed by atoms with Crippen LogP contribution in [0, 0.1) is 0 Å². The van der Waals surface area contributed by atoms with Gasteiger partial charge in [-0.1, -0.05) is 0 Å². The predicted molar refractivity (Wildman–Crippen MR) is 73.4 cm³/mol. The molecule has 100 valence electrons. The minimum Gasteiger partial charge on any atom is -0.480 e. The second kappa shape index (κ2) is 5.98. The summed E-state index contributed by atoms with van der Waals surface area (Å²) in [5.41, 5.74) is 0. The quantitative estimate of drug-likeness (QED) is 0.639. The first-order chi connectivity index (χ1) is 9.08. The molecule has 1 atom stereocenters. The molecule has 2 heterocycles. The van der Waals surface area contributed by atoms with E-state index in [2.05, 4.69) is 15.3 Å². The van der Waals surface area contributed by atoms with Crippen molar-refractivity contribution in [1.82, 2.24) is 15.3 Å². The number of rotatable bonds is 5. The molecule has 0 aliphatic rings. The first-order valence-corrected chi connectivity index (χ1v) is 7.25. The Hall–Kier alpha value is -1.67.